The van der Waals surface area contributed by atoms with Gasteiger partial charge in [-0.1, -0.05) is 12.8 Å². The molecule has 1 amide bonds. The molecule has 17 heavy (non-hydrogen) atoms. The first-order valence-electron chi connectivity index (χ1n) is 6.41. The molecule has 0 atom stereocenters. The van der Waals surface area contributed by atoms with Gasteiger partial charge in [0, 0.05) is 19.0 Å². The number of rotatable bonds is 2. The van der Waals surface area contributed by atoms with Gasteiger partial charge in [-0.05, 0) is 12.8 Å². The van der Waals surface area contributed by atoms with Gasteiger partial charge in [0.2, 0.25) is 5.91 Å². The Bertz CT molecular complexity index is 420. The van der Waals surface area contributed by atoms with Gasteiger partial charge in [0.15, 0.2) is 0 Å². The molecule has 3 rings (SSSR count). The van der Waals surface area contributed by atoms with Crippen LogP contribution in [0, 0.1) is 5.92 Å². The molecule has 5 nitrogen and oxygen atoms in total. The highest BCUT2D eigenvalue weighted by Gasteiger charge is 2.24. The van der Waals surface area contributed by atoms with Crippen molar-refractivity contribution < 1.29 is 4.79 Å². The summed E-state index contributed by atoms with van der Waals surface area (Å²) in [6.07, 6.45) is 6.22. The van der Waals surface area contributed by atoms with Crippen LogP contribution in [0.25, 0.3) is 0 Å². The topological polar surface area (TPSA) is 59.0 Å². The van der Waals surface area contributed by atoms with Crippen molar-refractivity contribution >= 4 is 11.6 Å². The zero-order chi connectivity index (χ0) is 11.7. The molecule has 5 heteroatoms. The number of hydrogen-bond donors (Lipinski definition) is 2. The van der Waals surface area contributed by atoms with Gasteiger partial charge in [-0.25, -0.2) is 0 Å². The summed E-state index contributed by atoms with van der Waals surface area (Å²) in [5.41, 5.74) is 1.98. The van der Waals surface area contributed by atoms with E-state index in [2.05, 4.69) is 15.7 Å². The number of anilines is 1. The summed E-state index contributed by atoms with van der Waals surface area (Å²) in [5.74, 6) is 0.381. The molecule has 0 radical (unpaired) electrons. The molecule has 1 saturated carbocycles. The van der Waals surface area contributed by atoms with Crippen molar-refractivity contribution in [3.63, 3.8) is 0 Å². The highest BCUT2D eigenvalue weighted by molar-refractivity contribution is 5.93. The third kappa shape index (κ3) is 2.07. The Hall–Kier alpha value is -1.36. The van der Waals surface area contributed by atoms with E-state index in [1.54, 1.807) is 6.20 Å². The van der Waals surface area contributed by atoms with Crippen molar-refractivity contribution in [3.8, 4) is 0 Å². The Morgan fingerprint density at radius 2 is 2.29 bits per heavy atom. The summed E-state index contributed by atoms with van der Waals surface area (Å²) < 4.78 is 1.97. The quantitative estimate of drug-likeness (QED) is 0.806. The van der Waals surface area contributed by atoms with E-state index in [1.807, 2.05) is 4.68 Å². The van der Waals surface area contributed by atoms with E-state index in [-0.39, 0.29) is 11.8 Å². The maximum Gasteiger partial charge on any atom is 0.227 e. The largest absolute Gasteiger partial charge is 0.323 e. The zero-order valence-electron chi connectivity index (χ0n) is 9.91. The lowest BCUT2D eigenvalue weighted by molar-refractivity contribution is -0.119. The van der Waals surface area contributed by atoms with Crippen molar-refractivity contribution in [3.05, 3.63) is 11.9 Å². The number of nitrogens with zero attached hydrogens (tertiary/aromatic N) is 2. The first-order chi connectivity index (χ1) is 8.34. The number of carbonyl (C=O) groups excluding carboxylic acids is 1. The molecular formula is C12H18N4O. The molecule has 92 valence electrons. The second-order valence-electron chi connectivity index (χ2n) is 4.88. The summed E-state index contributed by atoms with van der Waals surface area (Å²) in [7, 11) is 0. The predicted molar refractivity (Wildman–Crippen MR) is 64.5 cm³/mol. The summed E-state index contributed by atoms with van der Waals surface area (Å²) in [4.78, 5) is 12.0. The van der Waals surface area contributed by atoms with Crippen molar-refractivity contribution in [2.24, 2.45) is 5.92 Å². The predicted octanol–water partition coefficient (Wildman–Crippen LogP) is 1.11. The number of fused-ring (bicyclic) bond motifs is 1. The number of hydrogen-bond acceptors (Lipinski definition) is 3. The lowest BCUT2D eigenvalue weighted by atomic mass is 10.1. The number of aromatic nitrogens is 2. The van der Waals surface area contributed by atoms with Gasteiger partial charge in [0.1, 0.15) is 0 Å². The van der Waals surface area contributed by atoms with Crippen LogP contribution >= 0.6 is 0 Å². The molecule has 2 aliphatic rings. The molecular weight excluding hydrogens is 216 g/mol. The summed E-state index contributed by atoms with van der Waals surface area (Å²) in [6.45, 7) is 2.62. The van der Waals surface area contributed by atoms with E-state index in [0.717, 1.165) is 43.9 Å². The highest BCUT2D eigenvalue weighted by Crippen LogP contribution is 2.26. The minimum Gasteiger partial charge on any atom is -0.323 e. The minimum atomic E-state index is 0.170. The molecule has 1 aliphatic heterocycles. The molecule has 1 aromatic rings. The number of amides is 1. The van der Waals surface area contributed by atoms with Gasteiger partial charge in [0.05, 0.1) is 24.1 Å². The van der Waals surface area contributed by atoms with Crippen LogP contribution in [-0.2, 0) is 17.9 Å². The molecule has 0 spiro atoms. The third-order valence-electron chi connectivity index (χ3n) is 3.73. The Balaban J connectivity index is 1.72. The summed E-state index contributed by atoms with van der Waals surface area (Å²) in [6, 6.07) is 0. The fourth-order valence-corrected chi connectivity index (χ4v) is 2.71. The average molecular weight is 234 g/mol. The van der Waals surface area contributed by atoms with Crippen LogP contribution in [0.3, 0.4) is 0 Å². The van der Waals surface area contributed by atoms with Crippen molar-refractivity contribution in [2.45, 2.75) is 38.8 Å². The molecule has 1 fully saturated rings. The van der Waals surface area contributed by atoms with E-state index in [4.69, 9.17) is 0 Å². The van der Waals surface area contributed by atoms with E-state index < -0.39 is 0 Å². The van der Waals surface area contributed by atoms with Crippen LogP contribution in [0.2, 0.25) is 0 Å². The second kappa shape index (κ2) is 4.49. The van der Waals surface area contributed by atoms with Crippen molar-refractivity contribution in [1.29, 1.82) is 0 Å². The molecule has 1 aromatic heterocycles. The fraction of sp³-hybridized carbons (Fsp3) is 0.667. The highest BCUT2D eigenvalue weighted by atomic mass is 16.1. The van der Waals surface area contributed by atoms with Gasteiger partial charge in [-0.3, -0.25) is 9.48 Å². The third-order valence-corrected chi connectivity index (χ3v) is 3.73. The maximum atomic E-state index is 12.0. The monoisotopic (exact) mass is 234 g/mol. The Kier molecular flexibility index (Phi) is 2.84. The molecule has 2 heterocycles. The van der Waals surface area contributed by atoms with Gasteiger partial charge in [-0.15, -0.1) is 0 Å². The van der Waals surface area contributed by atoms with Crippen LogP contribution in [0.15, 0.2) is 6.20 Å². The zero-order valence-corrected chi connectivity index (χ0v) is 9.91. The van der Waals surface area contributed by atoms with Gasteiger partial charge in [0.25, 0.3) is 0 Å². The minimum absolute atomic E-state index is 0.170. The van der Waals surface area contributed by atoms with Crippen molar-refractivity contribution in [2.75, 3.05) is 11.9 Å². The van der Waals surface area contributed by atoms with Crippen LogP contribution in [0.4, 0.5) is 5.69 Å². The SMILES string of the molecule is O=C(Nc1cnn2c1CNCC2)C1CCCC1. The van der Waals surface area contributed by atoms with E-state index in [0.29, 0.717) is 0 Å². The first-order valence-corrected chi connectivity index (χ1v) is 6.41. The molecule has 2 N–H and O–H groups in total. The van der Waals surface area contributed by atoms with Gasteiger partial charge >= 0.3 is 0 Å². The average Bonchev–Trinajstić information content (AvgIpc) is 2.98. The normalized spacial score (nSPS) is 20.2. The molecule has 0 bridgehead atoms. The Morgan fingerprint density at radius 3 is 3.12 bits per heavy atom. The van der Waals surface area contributed by atoms with Gasteiger partial charge < -0.3 is 10.6 Å². The smallest absolute Gasteiger partial charge is 0.227 e. The second-order valence-corrected chi connectivity index (χ2v) is 4.88. The van der Waals surface area contributed by atoms with E-state index >= 15 is 0 Å². The van der Waals surface area contributed by atoms with Crippen LogP contribution in [0.1, 0.15) is 31.4 Å². The van der Waals surface area contributed by atoms with E-state index in [9.17, 15) is 4.79 Å². The van der Waals surface area contributed by atoms with Crippen LogP contribution in [-0.4, -0.2) is 22.2 Å². The van der Waals surface area contributed by atoms with E-state index in [1.165, 1.54) is 12.8 Å². The Labute approximate surface area is 101 Å². The molecule has 0 saturated heterocycles. The fourth-order valence-electron chi connectivity index (χ4n) is 2.71. The standard InChI is InChI=1S/C12H18N4O/c17-12(9-3-1-2-4-9)15-10-7-14-16-6-5-13-8-11(10)16/h7,9,13H,1-6,8H2,(H,15,17). The summed E-state index contributed by atoms with van der Waals surface area (Å²) >= 11 is 0. The molecule has 1 aliphatic carbocycles. The van der Waals surface area contributed by atoms with Crippen LogP contribution in [0.5, 0.6) is 0 Å². The first kappa shape index (κ1) is 10.8. The van der Waals surface area contributed by atoms with Gasteiger partial charge in [-0.2, -0.15) is 5.10 Å². The van der Waals surface area contributed by atoms with Crippen molar-refractivity contribution in [1.82, 2.24) is 15.1 Å². The lowest BCUT2D eigenvalue weighted by Crippen LogP contribution is -2.29. The van der Waals surface area contributed by atoms with Crippen LogP contribution < -0.4 is 10.6 Å². The maximum absolute atomic E-state index is 12.0. The summed E-state index contributed by atoms with van der Waals surface area (Å²) in [5, 5.41) is 10.6. The molecule has 0 aromatic carbocycles. The number of carbonyl (C=O) groups is 1. The number of nitrogens with one attached hydrogen (secondary N) is 2. The lowest BCUT2D eigenvalue weighted by Gasteiger charge is -2.17. The molecule has 0 unspecified atom stereocenters. The Morgan fingerprint density at radius 1 is 1.47 bits per heavy atom.